The molecule has 3 N–H and O–H groups in total. The second kappa shape index (κ2) is 10.6. The van der Waals surface area contributed by atoms with E-state index in [4.69, 9.17) is 0 Å². The van der Waals surface area contributed by atoms with Gasteiger partial charge in [0.05, 0.1) is 17.0 Å². The Labute approximate surface area is 225 Å². The number of nitrogens with one attached hydrogen (secondary N) is 2. The average molecular weight is 574 g/mol. The minimum Gasteiger partial charge on any atom is -0.391 e. The molecule has 4 heterocycles. The third-order valence-corrected chi connectivity index (χ3v) is 8.87. The first-order valence-electron chi connectivity index (χ1n) is 12.9. The second-order valence-corrected chi connectivity index (χ2v) is 11.3. The zero-order valence-corrected chi connectivity index (χ0v) is 21.8. The van der Waals surface area contributed by atoms with Crippen molar-refractivity contribution in [1.82, 2.24) is 20.2 Å². The van der Waals surface area contributed by atoms with E-state index in [1.54, 1.807) is 4.90 Å². The number of aliphatic hydroxyl groups excluding tert-OH is 1. The molecule has 0 unspecified atom stereocenters. The lowest BCUT2D eigenvalue weighted by atomic mass is 10.0. The predicted molar refractivity (Wildman–Crippen MR) is 133 cm³/mol. The van der Waals surface area contributed by atoms with Gasteiger partial charge in [0.25, 0.3) is 18.2 Å². The molecule has 2 amide bonds. The van der Waals surface area contributed by atoms with Crippen LogP contribution in [-0.4, -0.2) is 68.2 Å². The Morgan fingerprint density at radius 2 is 1.79 bits per heavy atom. The van der Waals surface area contributed by atoms with E-state index in [9.17, 15) is 36.6 Å². The highest BCUT2D eigenvalue weighted by molar-refractivity contribution is 7.17. The van der Waals surface area contributed by atoms with Gasteiger partial charge in [0, 0.05) is 29.4 Å². The molecule has 14 heteroatoms. The molecule has 2 saturated heterocycles. The van der Waals surface area contributed by atoms with Crippen LogP contribution in [-0.2, 0) is 0 Å². The van der Waals surface area contributed by atoms with Crippen molar-refractivity contribution in [2.45, 2.75) is 94.7 Å². The van der Waals surface area contributed by atoms with Crippen LogP contribution >= 0.6 is 11.3 Å². The van der Waals surface area contributed by atoms with Crippen LogP contribution < -0.4 is 10.6 Å². The summed E-state index contributed by atoms with van der Waals surface area (Å²) in [5.74, 6) is -1.51. The Morgan fingerprint density at radius 1 is 1.13 bits per heavy atom. The van der Waals surface area contributed by atoms with Crippen molar-refractivity contribution < 1.29 is 36.6 Å². The van der Waals surface area contributed by atoms with Gasteiger partial charge in [0.2, 0.25) is 0 Å². The molecule has 0 spiro atoms. The van der Waals surface area contributed by atoms with Gasteiger partial charge < -0.3 is 20.6 Å². The Bertz CT molecular complexity index is 1240. The van der Waals surface area contributed by atoms with Crippen LogP contribution in [0, 0.1) is 0 Å². The molecule has 0 aromatic carbocycles. The maximum absolute atomic E-state index is 14.2. The minimum absolute atomic E-state index is 0.00152. The first-order valence-corrected chi connectivity index (χ1v) is 13.7. The lowest BCUT2D eigenvalue weighted by Gasteiger charge is -2.22. The average Bonchev–Trinajstić information content (AvgIpc) is 3.67. The van der Waals surface area contributed by atoms with Crippen LogP contribution in [0.2, 0.25) is 0 Å². The zero-order valence-electron chi connectivity index (χ0n) is 21.0. The molecule has 212 valence electrons. The number of fused-ring (bicyclic) bond motifs is 2. The fourth-order valence-electron chi connectivity index (χ4n) is 5.67. The summed E-state index contributed by atoms with van der Waals surface area (Å²) in [6.07, 6.45) is -2.33. The van der Waals surface area contributed by atoms with Gasteiger partial charge in [-0.05, 0) is 57.9 Å². The lowest BCUT2D eigenvalue weighted by molar-refractivity contribution is -0.138. The molecule has 1 aliphatic carbocycles. The smallest absolute Gasteiger partial charge is 0.391 e. The summed E-state index contributed by atoms with van der Waals surface area (Å²) in [6.45, 7) is 0.841. The molecule has 2 aromatic rings. The molecular formula is C25H28F5N5O3S. The van der Waals surface area contributed by atoms with E-state index in [1.807, 2.05) is 0 Å². The van der Waals surface area contributed by atoms with Gasteiger partial charge in [-0.25, -0.2) is 18.7 Å². The fraction of sp³-hybridized carbons (Fsp3) is 0.600. The number of halogens is 5. The molecular weight excluding hydrogens is 545 g/mol. The number of anilines is 1. The minimum atomic E-state index is -4.62. The van der Waals surface area contributed by atoms with Gasteiger partial charge in [0.15, 0.2) is 5.01 Å². The topological polar surface area (TPSA) is 107 Å². The summed E-state index contributed by atoms with van der Waals surface area (Å²) in [6, 6.07) is -1.69. The first kappa shape index (κ1) is 27.7. The van der Waals surface area contributed by atoms with Crippen LogP contribution in [0.4, 0.5) is 27.8 Å². The number of pyridine rings is 1. The van der Waals surface area contributed by atoms with Crippen LogP contribution in [0.1, 0.15) is 84.1 Å². The Kier molecular flexibility index (Phi) is 7.53. The standard InChI is InChI=1S/C25H28F5N5O3S/c1-11(25(28,29)30)32-18-9-14(21(26)27)15(10-31-18)20-19(24(38)35-12-5-6-13(35)8-7-12)34-23(39-20)22(37)33-16-3-2-4-17(16)36/h9-13,16-17,21,36H,2-8H2,1H3,(H,31,32)(H,33,37)/t11-,12?,13?,16+,17+/m0/s1. The van der Waals surface area contributed by atoms with E-state index in [2.05, 4.69) is 20.6 Å². The highest BCUT2D eigenvalue weighted by Crippen LogP contribution is 2.42. The predicted octanol–water partition coefficient (Wildman–Crippen LogP) is 4.92. The van der Waals surface area contributed by atoms with E-state index in [0.29, 0.717) is 12.8 Å². The third-order valence-electron chi connectivity index (χ3n) is 7.78. The van der Waals surface area contributed by atoms with Gasteiger partial charge in [0.1, 0.15) is 17.6 Å². The highest BCUT2D eigenvalue weighted by atomic mass is 32.1. The zero-order chi connectivity index (χ0) is 28.1. The van der Waals surface area contributed by atoms with E-state index in [0.717, 1.165) is 62.6 Å². The van der Waals surface area contributed by atoms with Crippen LogP contribution in [0.3, 0.4) is 0 Å². The molecule has 3 fully saturated rings. The van der Waals surface area contributed by atoms with Crippen LogP contribution in [0.5, 0.6) is 0 Å². The van der Waals surface area contributed by atoms with Gasteiger partial charge >= 0.3 is 6.18 Å². The maximum atomic E-state index is 14.2. The Morgan fingerprint density at radius 3 is 2.36 bits per heavy atom. The lowest BCUT2D eigenvalue weighted by Crippen LogP contribution is -2.40. The van der Waals surface area contributed by atoms with Gasteiger partial charge in [-0.1, -0.05) is 0 Å². The maximum Gasteiger partial charge on any atom is 0.408 e. The fourth-order valence-corrected chi connectivity index (χ4v) is 6.67. The highest BCUT2D eigenvalue weighted by Gasteiger charge is 2.44. The number of carbonyl (C=O) groups is 2. The molecule has 2 bridgehead atoms. The van der Waals surface area contributed by atoms with Crippen LogP contribution in [0.25, 0.3) is 10.4 Å². The largest absolute Gasteiger partial charge is 0.408 e. The van der Waals surface area contributed by atoms with Crippen molar-refractivity contribution in [2.24, 2.45) is 0 Å². The number of rotatable bonds is 7. The number of nitrogens with zero attached hydrogens (tertiary/aromatic N) is 3. The Hall–Kier alpha value is -2.87. The normalized spacial score (nSPS) is 25.4. The Balaban J connectivity index is 1.53. The second-order valence-electron chi connectivity index (χ2n) is 10.3. The molecule has 1 saturated carbocycles. The SMILES string of the molecule is C[C@H](Nc1cc(C(F)F)c(-c2sc(C(=O)N[C@@H]3CCC[C@H]3O)nc2C(=O)N2C3CCC2CC3)cn1)C(F)(F)F. The summed E-state index contributed by atoms with van der Waals surface area (Å²) in [5, 5.41) is 14.8. The molecule has 3 atom stereocenters. The van der Waals surface area contributed by atoms with E-state index < -0.39 is 54.0 Å². The van der Waals surface area contributed by atoms with Crippen molar-refractivity contribution >= 4 is 29.0 Å². The van der Waals surface area contributed by atoms with Crippen molar-refractivity contribution in [2.75, 3.05) is 5.32 Å². The van der Waals surface area contributed by atoms with E-state index >= 15 is 0 Å². The summed E-state index contributed by atoms with van der Waals surface area (Å²) >= 11 is 0.745. The summed E-state index contributed by atoms with van der Waals surface area (Å²) in [5.41, 5.74) is -0.978. The van der Waals surface area contributed by atoms with E-state index in [1.165, 1.54) is 0 Å². The van der Waals surface area contributed by atoms with Crippen molar-refractivity contribution in [1.29, 1.82) is 0 Å². The number of hydrogen-bond donors (Lipinski definition) is 3. The van der Waals surface area contributed by atoms with Gasteiger partial charge in [-0.2, -0.15) is 13.2 Å². The monoisotopic (exact) mass is 573 g/mol. The number of amides is 2. The molecule has 2 aliphatic heterocycles. The molecule has 5 rings (SSSR count). The summed E-state index contributed by atoms with van der Waals surface area (Å²) < 4.78 is 67.4. The first-order chi connectivity index (χ1) is 18.4. The van der Waals surface area contributed by atoms with Crippen molar-refractivity contribution in [3.05, 3.63) is 28.5 Å². The van der Waals surface area contributed by atoms with Crippen molar-refractivity contribution in [3.63, 3.8) is 0 Å². The number of carbonyl (C=O) groups excluding carboxylic acids is 2. The number of hydrogen-bond acceptors (Lipinski definition) is 7. The number of alkyl halides is 5. The number of thiazole rings is 1. The number of aromatic nitrogens is 2. The van der Waals surface area contributed by atoms with Gasteiger partial charge in [-0.3, -0.25) is 9.59 Å². The molecule has 2 aromatic heterocycles. The van der Waals surface area contributed by atoms with E-state index in [-0.39, 0.29) is 33.2 Å². The molecule has 8 nitrogen and oxygen atoms in total. The third kappa shape index (κ3) is 5.45. The van der Waals surface area contributed by atoms with Gasteiger partial charge in [-0.15, -0.1) is 11.3 Å². The van der Waals surface area contributed by atoms with Crippen LogP contribution in [0.15, 0.2) is 12.3 Å². The molecule has 39 heavy (non-hydrogen) atoms. The molecule has 0 radical (unpaired) electrons. The molecule has 3 aliphatic rings. The summed E-state index contributed by atoms with van der Waals surface area (Å²) in [4.78, 5) is 36.6. The van der Waals surface area contributed by atoms with Crippen molar-refractivity contribution in [3.8, 4) is 10.4 Å². The number of aliphatic hydroxyl groups is 1. The quantitative estimate of drug-likeness (QED) is 0.406. The summed E-state index contributed by atoms with van der Waals surface area (Å²) in [7, 11) is 0.